The van der Waals surface area contributed by atoms with Crippen molar-refractivity contribution in [3.63, 3.8) is 0 Å². The van der Waals surface area contributed by atoms with Crippen LogP contribution in [0.15, 0.2) is 77.7 Å². The molecule has 0 heterocycles. The number of halogens is 1. The van der Waals surface area contributed by atoms with E-state index in [1.54, 1.807) is 43.3 Å². The summed E-state index contributed by atoms with van der Waals surface area (Å²) in [7, 11) is -3.99. The number of anilines is 2. The quantitative estimate of drug-likeness (QED) is 0.693. The highest BCUT2D eigenvalue weighted by molar-refractivity contribution is 7.92. The van der Waals surface area contributed by atoms with E-state index in [0.717, 1.165) is 6.07 Å². The predicted molar refractivity (Wildman–Crippen MR) is 103 cm³/mol. The number of rotatable bonds is 5. The molecule has 0 atom stereocenters. The summed E-state index contributed by atoms with van der Waals surface area (Å²) in [6, 6.07) is 18.4. The molecule has 2 N–H and O–H groups in total. The van der Waals surface area contributed by atoms with Gasteiger partial charge in [0.15, 0.2) is 0 Å². The van der Waals surface area contributed by atoms with Crippen LogP contribution in [0.1, 0.15) is 15.9 Å². The van der Waals surface area contributed by atoms with Crippen LogP contribution in [0.25, 0.3) is 0 Å². The van der Waals surface area contributed by atoms with Crippen molar-refractivity contribution in [2.24, 2.45) is 0 Å². The first-order chi connectivity index (χ1) is 12.8. The Balaban J connectivity index is 1.89. The molecule has 1 amide bonds. The molecule has 0 fully saturated rings. The molecule has 3 aromatic rings. The third-order valence-electron chi connectivity index (χ3n) is 3.85. The minimum Gasteiger partial charge on any atom is -0.322 e. The topological polar surface area (TPSA) is 75.3 Å². The van der Waals surface area contributed by atoms with Gasteiger partial charge >= 0.3 is 0 Å². The van der Waals surface area contributed by atoms with Crippen molar-refractivity contribution in [1.29, 1.82) is 0 Å². The van der Waals surface area contributed by atoms with E-state index in [1.807, 2.05) is 6.07 Å². The summed E-state index contributed by atoms with van der Waals surface area (Å²) < 4.78 is 41.0. The van der Waals surface area contributed by atoms with Crippen LogP contribution in [0.5, 0.6) is 0 Å². The van der Waals surface area contributed by atoms with Gasteiger partial charge in [-0.25, -0.2) is 12.8 Å². The average molecular weight is 384 g/mol. The molecular weight excluding hydrogens is 367 g/mol. The van der Waals surface area contributed by atoms with Crippen LogP contribution < -0.4 is 10.0 Å². The number of hydrogen-bond donors (Lipinski definition) is 2. The zero-order valence-corrected chi connectivity index (χ0v) is 15.3. The Bertz CT molecular complexity index is 1080. The molecule has 3 aromatic carbocycles. The summed E-state index contributed by atoms with van der Waals surface area (Å²) in [4.78, 5) is 12.4. The minimum absolute atomic E-state index is 0.0486. The van der Waals surface area contributed by atoms with Gasteiger partial charge in [-0.05, 0) is 55.0 Å². The fraction of sp³-hybridized carbons (Fsp3) is 0.0500. The summed E-state index contributed by atoms with van der Waals surface area (Å²) in [5.74, 6) is -0.980. The van der Waals surface area contributed by atoms with Crippen LogP contribution in [-0.2, 0) is 10.0 Å². The Kier molecular flexibility index (Phi) is 5.23. The third-order valence-corrected chi connectivity index (χ3v) is 5.37. The summed E-state index contributed by atoms with van der Waals surface area (Å²) in [6.07, 6.45) is 0. The van der Waals surface area contributed by atoms with E-state index in [0.29, 0.717) is 11.3 Å². The smallest absolute Gasteiger partial charge is 0.262 e. The second-order valence-corrected chi connectivity index (χ2v) is 7.57. The maximum atomic E-state index is 13.3. The number of benzene rings is 3. The van der Waals surface area contributed by atoms with Crippen LogP contribution in [-0.4, -0.2) is 14.3 Å². The highest BCUT2D eigenvalue weighted by Gasteiger charge is 2.19. The molecule has 0 aromatic heterocycles. The van der Waals surface area contributed by atoms with Gasteiger partial charge in [-0.15, -0.1) is 0 Å². The molecule has 3 rings (SSSR count). The average Bonchev–Trinajstić information content (AvgIpc) is 2.62. The number of para-hydroxylation sites is 1. The number of carbonyl (C=O) groups excluding carboxylic acids is 1. The Morgan fingerprint density at radius 2 is 1.59 bits per heavy atom. The Morgan fingerprint density at radius 3 is 2.30 bits per heavy atom. The van der Waals surface area contributed by atoms with Crippen LogP contribution >= 0.6 is 0 Å². The third kappa shape index (κ3) is 4.51. The number of sulfonamides is 1. The molecule has 0 saturated heterocycles. The summed E-state index contributed by atoms with van der Waals surface area (Å²) >= 11 is 0. The first-order valence-electron chi connectivity index (χ1n) is 8.10. The van der Waals surface area contributed by atoms with Crippen molar-refractivity contribution in [3.8, 4) is 0 Å². The molecule has 0 aliphatic heterocycles. The van der Waals surface area contributed by atoms with Gasteiger partial charge in [0.1, 0.15) is 5.82 Å². The summed E-state index contributed by atoms with van der Waals surface area (Å²) in [5.41, 5.74) is 1.37. The van der Waals surface area contributed by atoms with E-state index in [9.17, 15) is 17.6 Å². The van der Waals surface area contributed by atoms with E-state index < -0.39 is 21.7 Å². The van der Waals surface area contributed by atoms with Gasteiger partial charge in [0.05, 0.1) is 10.6 Å². The highest BCUT2D eigenvalue weighted by Crippen LogP contribution is 2.22. The van der Waals surface area contributed by atoms with Crippen LogP contribution in [0, 0.1) is 12.7 Å². The van der Waals surface area contributed by atoms with Crippen LogP contribution in [0.4, 0.5) is 15.8 Å². The van der Waals surface area contributed by atoms with Crippen molar-refractivity contribution >= 4 is 27.3 Å². The van der Waals surface area contributed by atoms with Crippen LogP contribution in [0.2, 0.25) is 0 Å². The van der Waals surface area contributed by atoms with Crippen molar-refractivity contribution in [1.82, 2.24) is 0 Å². The molecular formula is C20H17FN2O3S. The van der Waals surface area contributed by atoms with Gasteiger partial charge < -0.3 is 5.32 Å². The lowest BCUT2D eigenvalue weighted by Crippen LogP contribution is -2.17. The molecule has 7 heteroatoms. The standard InChI is InChI=1S/C20H17FN2O3S/c1-14-10-11-15(20(24)22-17-7-3-2-4-8-17)12-19(14)27(25,26)23-18-9-5-6-16(21)13-18/h2-13,23H,1H3,(H,22,24). The molecule has 27 heavy (non-hydrogen) atoms. The van der Waals surface area contributed by atoms with E-state index in [1.165, 1.54) is 24.3 Å². The van der Waals surface area contributed by atoms with Crippen molar-refractivity contribution in [2.75, 3.05) is 10.0 Å². The number of amides is 1. The lowest BCUT2D eigenvalue weighted by molar-refractivity contribution is 0.102. The van der Waals surface area contributed by atoms with Gasteiger partial charge in [0.2, 0.25) is 0 Å². The Morgan fingerprint density at radius 1 is 0.889 bits per heavy atom. The van der Waals surface area contributed by atoms with Gasteiger partial charge in [-0.3, -0.25) is 9.52 Å². The fourth-order valence-corrected chi connectivity index (χ4v) is 3.84. The zero-order chi connectivity index (χ0) is 19.4. The Labute approximate surface area is 156 Å². The molecule has 5 nitrogen and oxygen atoms in total. The maximum absolute atomic E-state index is 13.3. The van der Waals surface area contributed by atoms with Gasteiger partial charge in [-0.1, -0.05) is 30.3 Å². The summed E-state index contributed by atoms with van der Waals surface area (Å²) in [5, 5.41) is 2.71. The normalized spacial score (nSPS) is 11.0. The fourth-order valence-electron chi connectivity index (χ4n) is 2.52. The van der Waals surface area contributed by atoms with E-state index >= 15 is 0 Å². The van der Waals surface area contributed by atoms with E-state index in [4.69, 9.17) is 0 Å². The molecule has 138 valence electrons. The molecule has 0 aliphatic rings. The molecule has 0 bridgehead atoms. The SMILES string of the molecule is Cc1ccc(C(=O)Nc2ccccc2)cc1S(=O)(=O)Nc1cccc(F)c1. The summed E-state index contributed by atoms with van der Waals surface area (Å²) in [6.45, 7) is 1.62. The first kappa shape index (κ1) is 18.6. The second kappa shape index (κ2) is 7.59. The van der Waals surface area contributed by atoms with E-state index in [2.05, 4.69) is 10.0 Å². The number of carbonyl (C=O) groups is 1. The lowest BCUT2D eigenvalue weighted by atomic mass is 10.1. The van der Waals surface area contributed by atoms with Gasteiger partial charge in [0, 0.05) is 11.3 Å². The largest absolute Gasteiger partial charge is 0.322 e. The number of aryl methyl sites for hydroxylation is 1. The number of hydrogen-bond acceptors (Lipinski definition) is 3. The van der Waals surface area contributed by atoms with Gasteiger partial charge in [0.25, 0.3) is 15.9 Å². The molecule has 0 aliphatic carbocycles. The minimum atomic E-state index is -3.99. The lowest BCUT2D eigenvalue weighted by Gasteiger charge is -2.12. The monoisotopic (exact) mass is 384 g/mol. The predicted octanol–water partition coefficient (Wildman–Crippen LogP) is 4.19. The highest BCUT2D eigenvalue weighted by atomic mass is 32.2. The zero-order valence-electron chi connectivity index (χ0n) is 14.4. The molecule has 0 unspecified atom stereocenters. The number of nitrogens with one attached hydrogen (secondary N) is 2. The van der Waals surface area contributed by atoms with Crippen molar-refractivity contribution < 1.29 is 17.6 Å². The van der Waals surface area contributed by atoms with Crippen molar-refractivity contribution in [3.05, 3.63) is 89.7 Å². The molecule has 0 radical (unpaired) electrons. The van der Waals surface area contributed by atoms with Gasteiger partial charge in [-0.2, -0.15) is 0 Å². The Hall–Kier alpha value is -3.19. The van der Waals surface area contributed by atoms with Crippen molar-refractivity contribution in [2.45, 2.75) is 11.8 Å². The first-order valence-corrected chi connectivity index (χ1v) is 9.59. The second-order valence-electron chi connectivity index (χ2n) is 5.92. The van der Waals surface area contributed by atoms with Crippen LogP contribution in [0.3, 0.4) is 0 Å². The van der Waals surface area contributed by atoms with E-state index in [-0.39, 0.29) is 16.1 Å². The molecule has 0 spiro atoms. The maximum Gasteiger partial charge on any atom is 0.262 e. The molecule has 0 saturated carbocycles.